The Morgan fingerprint density at radius 2 is 1.88 bits per heavy atom. The highest BCUT2D eigenvalue weighted by Gasteiger charge is 2.27. The highest BCUT2D eigenvalue weighted by Crippen LogP contribution is 2.17. The number of hydrogen-bond acceptors (Lipinski definition) is 2. The SMILES string of the molecule is CC1CCCN(C(=O)N2CCS(=O)CC2)C1. The molecule has 0 saturated carbocycles. The Balaban J connectivity index is 1.89. The minimum Gasteiger partial charge on any atom is -0.324 e. The molecule has 0 radical (unpaired) electrons. The molecule has 0 aliphatic carbocycles. The molecule has 2 fully saturated rings. The molecular formula is C11H20N2O2S. The van der Waals surface area contributed by atoms with Gasteiger partial charge in [-0.3, -0.25) is 4.21 Å². The predicted molar refractivity (Wildman–Crippen MR) is 64.8 cm³/mol. The summed E-state index contributed by atoms with van der Waals surface area (Å²) in [4.78, 5) is 16.0. The number of piperidine rings is 1. The average Bonchev–Trinajstić information content (AvgIpc) is 2.29. The van der Waals surface area contributed by atoms with Crippen molar-refractivity contribution in [2.45, 2.75) is 19.8 Å². The Hall–Kier alpha value is -0.580. The van der Waals surface area contributed by atoms with E-state index < -0.39 is 10.8 Å². The molecule has 0 aromatic rings. The fourth-order valence-corrected chi connectivity index (χ4v) is 3.44. The van der Waals surface area contributed by atoms with Crippen LogP contribution in [-0.2, 0) is 10.8 Å². The van der Waals surface area contributed by atoms with Gasteiger partial charge < -0.3 is 9.80 Å². The number of amides is 2. The molecule has 0 N–H and O–H groups in total. The van der Waals surface area contributed by atoms with Gasteiger partial charge in [0, 0.05) is 48.5 Å². The van der Waals surface area contributed by atoms with Gasteiger partial charge in [0.1, 0.15) is 0 Å². The maximum absolute atomic E-state index is 12.2. The molecule has 0 aromatic carbocycles. The van der Waals surface area contributed by atoms with E-state index in [1.54, 1.807) is 0 Å². The number of urea groups is 1. The van der Waals surface area contributed by atoms with Crippen molar-refractivity contribution in [3.63, 3.8) is 0 Å². The smallest absolute Gasteiger partial charge is 0.320 e. The molecule has 4 nitrogen and oxygen atoms in total. The molecule has 2 amide bonds. The maximum atomic E-state index is 12.2. The first-order valence-electron chi connectivity index (χ1n) is 6.05. The summed E-state index contributed by atoms with van der Waals surface area (Å²) >= 11 is 0. The Labute approximate surface area is 99.4 Å². The maximum Gasteiger partial charge on any atom is 0.320 e. The van der Waals surface area contributed by atoms with Gasteiger partial charge in [-0.15, -0.1) is 0 Å². The summed E-state index contributed by atoms with van der Waals surface area (Å²) < 4.78 is 11.2. The van der Waals surface area contributed by atoms with E-state index >= 15 is 0 Å². The molecular weight excluding hydrogens is 224 g/mol. The lowest BCUT2D eigenvalue weighted by Crippen LogP contribution is -2.51. The van der Waals surface area contributed by atoms with E-state index in [-0.39, 0.29) is 6.03 Å². The van der Waals surface area contributed by atoms with E-state index in [1.807, 2.05) is 9.80 Å². The average molecular weight is 244 g/mol. The van der Waals surface area contributed by atoms with Crippen molar-refractivity contribution in [1.29, 1.82) is 0 Å². The fraction of sp³-hybridized carbons (Fsp3) is 0.909. The highest BCUT2D eigenvalue weighted by atomic mass is 32.2. The zero-order valence-electron chi connectivity index (χ0n) is 9.85. The standard InChI is InChI=1S/C11H20N2O2S/c1-10-3-2-4-13(9-10)11(14)12-5-7-16(15)8-6-12/h10H,2-9H2,1H3. The van der Waals surface area contributed by atoms with Crippen LogP contribution in [0.5, 0.6) is 0 Å². The monoisotopic (exact) mass is 244 g/mol. The fourth-order valence-electron chi connectivity index (χ4n) is 2.39. The van der Waals surface area contributed by atoms with Gasteiger partial charge in [-0.2, -0.15) is 0 Å². The second-order valence-corrected chi connectivity index (χ2v) is 6.51. The van der Waals surface area contributed by atoms with Crippen LogP contribution >= 0.6 is 0 Å². The Morgan fingerprint density at radius 1 is 1.19 bits per heavy atom. The van der Waals surface area contributed by atoms with Gasteiger partial charge in [-0.1, -0.05) is 6.92 Å². The van der Waals surface area contributed by atoms with Crippen molar-refractivity contribution in [3.05, 3.63) is 0 Å². The third-order valence-corrected chi connectivity index (χ3v) is 4.65. The summed E-state index contributed by atoms with van der Waals surface area (Å²) in [5, 5.41) is 0. The molecule has 92 valence electrons. The molecule has 2 aliphatic rings. The van der Waals surface area contributed by atoms with Crippen LogP contribution in [0.15, 0.2) is 0 Å². The van der Waals surface area contributed by atoms with Crippen molar-refractivity contribution in [1.82, 2.24) is 9.80 Å². The van der Waals surface area contributed by atoms with Crippen LogP contribution in [-0.4, -0.2) is 57.7 Å². The van der Waals surface area contributed by atoms with E-state index in [0.29, 0.717) is 30.5 Å². The quantitative estimate of drug-likeness (QED) is 0.635. The largest absolute Gasteiger partial charge is 0.324 e. The van der Waals surface area contributed by atoms with Crippen LogP contribution < -0.4 is 0 Å². The predicted octanol–water partition coefficient (Wildman–Crippen LogP) is 0.903. The van der Waals surface area contributed by atoms with Crippen LogP contribution in [0.4, 0.5) is 4.79 Å². The second kappa shape index (κ2) is 5.17. The molecule has 1 atom stereocenters. The van der Waals surface area contributed by atoms with Crippen LogP contribution in [0.1, 0.15) is 19.8 Å². The van der Waals surface area contributed by atoms with E-state index in [0.717, 1.165) is 19.5 Å². The van der Waals surface area contributed by atoms with Crippen LogP contribution in [0.25, 0.3) is 0 Å². The lowest BCUT2D eigenvalue weighted by molar-refractivity contribution is 0.134. The minimum atomic E-state index is -0.702. The number of hydrogen-bond donors (Lipinski definition) is 0. The molecule has 0 aromatic heterocycles. The summed E-state index contributed by atoms with van der Waals surface area (Å²) in [5.74, 6) is 1.92. The molecule has 2 saturated heterocycles. The lowest BCUT2D eigenvalue weighted by Gasteiger charge is -2.36. The lowest BCUT2D eigenvalue weighted by atomic mass is 10.0. The molecule has 16 heavy (non-hydrogen) atoms. The van der Waals surface area contributed by atoms with Crippen molar-refractivity contribution in [2.75, 3.05) is 37.7 Å². The van der Waals surface area contributed by atoms with Crippen molar-refractivity contribution < 1.29 is 9.00 Å². The summed E-state index contributed by atoms with van der Waals surface area (Å²) in [6, 6.07) is 0.156. The Morgan fingerprint density at radius 3 is 2.50 bits per heavy atom. The molecule has 1 unspecified atom stereocenters. The normalized spacial score (nSPS) is 28.2. The third kappa shape index (κ3) is 2.75. The number of rotatable bonds is 0. The van der Waals surface area contributed by atoms with Crippen molar-refractivity contribution >= 4 is 16.8 Å². The van der Waals surface area contributed by atoms with Gasteiger partial charge in [0.15, 0.2) is 0 Å². The number of likely N-dealkylation sites (tertiary alicyclic amines) is 1. The summed E-state index contributed by atoms with van der Waals surface area (Å²) in [5.41, 5.74) is 0. The number of nitrogens with zero attached hydrogens (tertiary/aromatic N) is 2. The zero-order chi connectivity index (χ0) is 11.5. The first kappa shape index (κ1) is 11.9. The van der Waals surface area contributed by atoms with Crippen molar-refractivity contribution in [2.24, 2.45) is 5.92 Å². The zero-order valence-corrected chi connectivity index (χ0v) is 10.7. The summed E-state index contributed by atoms with van der Waals surface area (Å²) in [7, 11) is -0.702. The molecule has 0 bridgehead atoms. The van der Waals surface area contributed by atoms with Gasteiger partial charge in [0.25, 0.3) is 0 Å². The minimum absolute atomic E-state index is 0.156. The number of carbonyl (C=O) groups excluding carboxylic acids is 1. The van der Waals surface area contributed by atoms with E-state index in [2.05, 4.69) is 6.92 Å². The molecule has 0 spiro atoms. The van der Waals surface area contributed by atoms with Gasteiger partial charge in [0.05, 0.1) is 0 Å². The van der Waals surface area contributed by atoms with E-state index in [9.17, 15) is 9.00 Å². The Bertz CT molecular complexity index is 286. The first-order chi connectivity index (χ1) is 7.66. The molecule has 5 heteroatoms. The summed E-state index contributed by atoms with van der Waals surface area (Å²) in [6.45, 7) is 5.30. The van der Waals surface area contributed by atoms with Crippen LogP contribution in [0.2, 0.25) is 0 Å². The van der Waals surface area contributed by atoms with Gasteiger partial charge >= 0.3 is 6.03 Å². The summed E-state index contributed by atoms with van der Waals surface area (Å²) in [6.07, 6.45) is 2.35. The second-order valence-electron chi connectivity index (χ2n) is 4.81. The van der Waals surface area contributed by atoms with E-state index in [1.165, 1.54) is 6.42 Å². The number of carbonyl (C=O) groups is 1. The third-order valence-electron chi connectivity index (χ3n) is 3.38. The van der Waals surface area contributed by atoms with Crippen LogP contribution in [0.3, 0.4) is 0 Å². The van der Waals surface area contributed by atoms with Gasteiger partial charge in [0.2, 0.25) is 0 Å². The van der Waals surface area contributed by atoms with Crippen LogP contribution in [0, 0.1) is 5.92 Å². The van der Waals surface area contributed by atoms with Crippen molar-refractivity contribution in [3.8, 4) is 0 Å². The topological polar surface area (TPSA) is 40.6 Å². The highest BCUT2D eigenvalue weighted by molar-refractivity contribution is 7.85. The van der Waals surface area contributed by atoms with E-state index in [4.69, 9.17) is 0 Å². The first-order valence-corrected chi connectivity index (χ1v) is 7.54. The molecule has 2 heterocycles. The van der Waals surface area contributed by atoms with Gasteiger partial charge in [-0.05, 0) is 18.8 Å². The van der Waals surface area contributed by atoms with Gasteiger partial charge in [-0.25, -0.2) is 4.79 Å². The molecule has 2 aliphatic heterocycles. The Kier molecular flexibility index (Phi) is 3.84. The molecule has 2 rings (SSSR count).